The van der Waals surface area contributed by atoms with Gasteiger partial charge in [-0.3, -0.25) is 4.79 Å². The Morgan fingerprint density at radius 2 is 1.75 bits per heavy atom. The summed E-state index contributed by atoms with van der Waals surface area (Å²) >= 11 is 0. The average Bonchev–Trinajstić information content (AvgIpc) is 2.16. The quantitative estimate of drug-likeness (QED) is 0.627. The number of hydrogen-bond acceptors (Lipinski definition) is 2. The summed E-state index contributed by atoms with van der Waals surface area (Å²) in [6.45, 7) is 10.2. The molecule has 0 heterocycles. The van der Waals surface area contributed by atoms with Crippen molar-refractivity contribution in [1.82, 2.24) is 10.6 Å². The van der Waals surface area contributed by atoms with Crippen LogP contribution in [0.3, 0.4) is 0 Å². The molecule has 0 fully saturated rings. The number of hydrogen-bond donors (Lipinski definition) is 2. The minimum Gasteiger partial charge on any atom is -0.353 e. The predicted octanol–water partition coefficient (Wildman–Crippen LogP) is 2.46. The highest BCUT2D eigenvalue weighted by molar-refractivity contribution is 5.81. The van der Waals surface area contributed by atoms with Crippen LogP contribution in [0, 0.1) is 0 Å². The SMILES string of the molecule is CCCCCC(C)NC(C)C(=O)NC(C)C. The molecule has 0 spiro atoms. The Kier molecular flexibility index (Phi) is 8.26. The summed E-state index contributed by atoms with van der Waals surface area (Å²) in [7, 11) is 0. The minimum absolute atomic E-state index is 0.0948. The first-order chi connectivity index (χ1) is 7.47. The molecule has 0 aromatic heterocycles. The molecule has 0 rings (SSSR count). The van der Waals surface area contributed by atoms with E-state index in [0.29, 0.717) is 6.04 Å². The molecule has 0 saturated carbocycles. The van der Waals surface area contributed by atoms with Crippen molar-refractivity contribution in [2.24, 2.45) is 0 Å². The van der Waals surface area contributed by atoms with Gasteiger partial charge in [-0.2, -0.15) is 0 Å². The van der Waals surface area contributed by atoms with E-state index in [-0.39, 0.29) is 18.0 Å². The predicted molar refractivity (Wildman–Crippen MR) is 69.5 cm³/mol. The molecule has 16 heavy (non-hydrogen) atoms. The maximum atomic E-state index is 11.6. The topological polar surface area (TPSA) is 41.1 Å². The van der Waals surface area contributed by atoms with Crippen LogP contribution in [0.25, 0.3) is 0 Å². The lowest BCUT2D eigenvalue weighted by Crippen LogP contribution is -2.47. The third kappa shape index (κ3) is 7.69. The van der Waals surface area contributed by atoms with Gasteiger partial charge in [-0.25, -0.2) is 0 Å². The standard InChI is InChI=1S/C13H28N2O/c1-6-7-8-9-11(4)15-12(5)13(16)14-10(2)3/h10-12,15H,6-9H2,1-5H3,(H,14,16). The molecule has 96 valence electrons. The Hall–Kier alpha value is -0.570. The Bertz CT molecular complexity index is 192. The number of nitrogens with one attached hydrogen (secondary N) is 2. The van der Waals surface area contributed by atoms with Gasteiger partial charge in [-0.15, -0.1) is 0 Å². The highest BCUT2D eigenvalue weighted by atomic mass is 16.2. The molecular formula is C13H28N2O. The van der Waals surface area contributed by atoms with Gasteiger partial charge >= 0.3 is 0 Å². The van der Waals surface area contributed by atoms with Crippen LogP contribution in [-0.2, 0) is 4.79 Å². The molecule has 0 bridgehead atoms. The third-order valence-corrected chi connectivity index (χ3v) is 2.60. The second kappa shape index (κ2) is 8.57. The number of unbranched alkanes of at least 4 members (excludes halogenated alkanes) is 2. The van der Waals surface area contributed by atoms with Crippen molar-refractivity contribution < 1.29 is 4.79 Å². The monoisotopic (exact) mass is 228 g/mol. The first-order valence-corrected chi connectivity index (χ1v) is 6.53. The normalized spacial score (nSPS) is 14.9. The van der Waals surface area contributed by atoms with Gasteiger partial charge in [0, 0.05) is 12.1 Å². The number of carbonyl (C=O) groups is 1. The number of rotatable bonds is 8. The van der Waals surface area contributed by atoms with Crippen LogP contribution < -0.4 is 10.6 Å². The van der Waals surface area contributed by atoms with Gasteiger partial charge in [-0.05, 0) is 34.1 Å². The Balaban J connectivity index is 3.76. The van der Waals surface area contributed by atoms with Gasteiger partial charge in [0.1, 0.15) is 0 Å². The van der Waals surface area contributed by atoms with Crippen LogP contribution in [-0.4, -0.2) is 24.0 Å². The van der Waals surface area contributed by atoms with E-state index in [2.05, 4.69) is 24.5 Å². The Labute approximate surface area is 100 Å². The number of amides is 1. The Morgan fingerprint density at radius 1 is 1.12 bits per heavy atom. The largest absolute Gasteiger partial charge is 0.353 e. The molecule has 3 nitrogen and oxygen atoms in total. The van der Waals surface area contributed by atoms with Gasteiger partial charge in [0.25, 0.3) is 0 Å². The van der Waals surface area contributed by atoms with E-state index in [1.165, 1.54) is 19.3 Å². The molecule has 2 atom stereocenters. The summed E-state index contributed by atoms with van der Waals surface area (Å²) in [5, 5.41) is 6.25. The first kappa shape index (κ1) is 15.4. The lowest BCUT2D eigenvalue weighted by Gasteiger charge is -2.20. The molecular weight excluding hydrogens is 200 g/mol. The lowest BCUT2D eigenvalue weighted by molar-refractivity contribution is -0.123. The molecule has 0 aliphatic carbocycles. The van der Waals surface area contributed by atoms with Gasteiger partial charge in [0.15, 0.2) is 0 Å². The van der Waals surface area contributed by atoms with E-state index in [1.54, 1.807) is 0 Å². The summed E-state index contributed by atoms with van der Waals surface area (Å²) in [5.74, 6) is 0.0948. The lowest BCUT2D eigenvalue weighted by atomic mass is 10.1. The summed E-state index contributed by atoms with van der Waals surface area (Å²) in [6.07, 6.45) is 4.91. The second-order valence-corrected chi connectivity index (χ2v) is 4.95. The molecule has 0 aromatic rings. The smallest absolute Gasteiger partial charge is 0.237 e. The summed E-state index contributed by atoms with van der Waals surface area (Å²) in [4.78, 5) is 11.6. The van der Waals surface area contributed by atoms with Crippen LogP contribution >= 0.6 is 0 Å². The third-order valence-electron chi connectivity index (χ3n) is 2.60. The van der Waals surface area contributed by atoms with Crippen molar-refractivity contribution in [3.05, 3.63) is 0 Å². The molecule has 3 heteroatoms. The molecule has 0 aromatic carbocycles. The highest BCUT2D eigenvalue weighted by Gasteiger charge is 2.15. The van der Waals surface area contributed by atoms with Crippen molar-refractivity contribution in [3.8, 4) is 0 Å². The van der Waals surface area contributed by atoms with Crippen LogP contribution in [0.5, 0.6) is 0 Å². The van der Waals surface area contributed by atoms with Crippen molar-refractivity contribution in [1.29, 1.82) is 0 Å². The summed E-state index contributed by atoms with van der Waals surface area (Å²) in [5.41, 5.74) is 0. The summed E-state index contributed by atoms with van der Waals surface area (Å²) in [6, 6.07) is 0.533. The molecule has 2 N–H and O–H groups in total. The Morgan fingerprint density at radius 3 is 2.25 bits per heavy atom. The molecule has 2 unspecified atom stereocenters. The zero-order chi connectivity index (χ0) is 12.6. The van der Waals surface area contributed by atoms with E-state index in [0.717, 1.165) is 6.42 Å². The maximum Gasteiger partial charge on any atom is 0.237 e. The van der Waals surface area contributed by atoms with Gasteiger partial charge in [0.2, 0.25) is 5.91 Å². The molecule has 0 aliphatic heterocycles. The maximum absolute atomic E-state index is 11.6. The van der Waals surface area contributed by atoms with Gasteiger partial charge in [0.05, 0.1) is 6.04 Å². The van der Waals surface area contributed by atoms with Gasteiger partial charge in [-0.1, -0.05) is 26.2 Å². The first-order valence-electron chi connectivity index (χ1n) is 6.53. The van der Waals surface area contributed by atoms with E-state index in [4.69, 9.17) is 0 Å². The number of carbonyl (C=O) groups excluding carboxylic acids is 1. The fraction of sp³-hybridized carbons (Fsp3) is 0.923. The molecule has 1 amide bonds. The van der Waals surface area contributed by atoms with E-state index in [1.807, 2.05) is 20.8 Å². The minimum atomic E-state index is -0.0981. The van der Waals surface area contributed by atoms with E-state index >= 15 is 0 Å². The molecule has 0 radical (unpaired) electrons. The van der Waals surface area contributed by atoms with Crippen molar-refractivity contribution in [3.63, 3.8) is 0 Å². The van der Waals surface area contributed by atoms with E-state index in [9.17, 15) is 4.79 Å². The highest BCUT2D eigenvalue weighted by Crippen LogP contribution is 2.03. The summed E-state index contributed by atoms with van der Waals surface area (Å²) < 4.78 is 0. The zero-order valence-corrected chi connectivity index (χ0v) is 11.5. The average molecular weight is 228 g/mol. The molecule has 0 aliphatic rings. The van der Waals surface area contributed by atoms with Crippen molar-refractivity contribution in [2.75, 3.05) is 0 Å². The van der Waals surface area contributed by atoms with Crippen molar-refractivity contribution in [2.45, 2.75) is 78.4 Å². The van der Waals surface area contributed by atoms with Crippen molar-refractivity contribution >= 4 is 5.91 Å². The van der Waals surface area contributed by atoms with E-state index < -0.39 is 0 Å². The fourth-order valence-corrected chi connectivity index (χ4v) is 1.70. The van der Waals surface area contributed by atoms with Crippen LogP contribution in [0.4, 0.5) is 0 Å². The van der Waals surface area contributed by atoms with Crippen LogP contribution in [0.15, 0.2) is 0 Å². The van der Waals surface area contributed by atoms with Crippen LogP contribution in [0.1, 0.15) is 60.3 Å². The zero-order valence-electron chi connectivity index (χ0n) is 11.5. The molecule has 0 saturated heterocycles. The van der Waals surface area contributed by atoms with Gasteiger partial charge < -0.3 is 10.6 Å². The fourth-order valence-electron chi connectivity index (χ4n) is 1.70. The van der Waals surface area contributed by atoms with Crippen LogP contribution in [0.2, 0.25) is 0 Å². The second-order valence-electron chi connectivity index (χ2n) is 4.95.